The van der Waals surface area contributed by atoms with Gasteiger partial charge in [0, 0.05) is 0 Å². The first-order valence-corrected chi connectivity index (χ1v) is 6.12. The molecule has 1 aliphatic heterocycles. The van der Waals surface area contributed by atoms with Gasteiger partial charge in [-0.25, -0.2) is 0 Å². The van der Waals surface area contributed by atoms with Gasteiger partial charge in [0.05, 0.1) is 0 Å². The standard InChI is InChI=1S/C6H8N2SSe/c1-2-5-6(4-9-3-1)10-8-7-5/h1-4H2. The molecule has 0 spiro atoms. The van der Waals surface area contributed by atoms with Gasteiger partial charge >= 0.3 is 70.2 Å². The molecule has 0 aromatic carbocycles. The molecule has 0 radical (unpaired) electrons. The number of aromatic nitrogens is 2. The number of aryl methyl sites for hydroxylation is 1. The van der Waals surface area contributed by atoms with Crippen LogP contribution in [0.2, 0.25) is 0 Å². The summed E-state index contributed by atoms with van der Waals surface area (Å²) in [4.78, 5) is 0. The topological polar surface area (TPSA) is 25.8 Å². The van der Waals surface area contributed by atoms with Crippen molar-refractivity contribution < 1.29 is 0 Å². The molecule has 10 heavy (non-hydrogen) atoms. The van der Waals surface area contributed by atoms with Crippen molar-refractivity contribution in [3.63, 3.8) is 0 Å². The van der Waals surface area contributed by atoms with Crippen LogP contribution in [0.4, 0.5) is 0 Å². The third-order valence-corrected chi connectivity index (χ3v) is 4.65. The fourth-order valence-electron chi connectivity index (χ4n) is 1.03. The average molecular weight is 219 g/mol. The first-order chi connectivity index (χ1) is 4.97. The van der Waals surface area contributed by atoms with Crippen LogP contribution in [0.3, 0.4) is 0 Å². The number of hydrogen-bond acceptors (Lipinski definition) is 3. The molecule has 1 aromatic rings. The summed E-state index contributed by atoms with van der Waals surface area (Å²) in [5.41, 5.74) is 1.31. The van der Waals surface area contributed by atoms with E-state index in [9.17, 15) is 0 Å². The van der Waals surface area contributed by atoms with Crippen LogP contribution in [0.1, 0.15) is 16.6 Å². The van der Waals surface area contributed by atoms with Gasteiger partial charge in [-0.15, -0.1) is 0 Å². The molecule has 0 saturated heterocycles. The molecular formula is C6H8N2SSe. The van der Waals surface area contributed by atoms with E-state index in [0.717, 1.165) is 0 Å². The van der Waals surface area contributed by atoms with Crippen molar-refractivity contribution in [2.75, 3.05) is 5.75 Å². The number of hydrogen-bond donors (Lipinski definition) is 0. The van der Waals surface area contributed by atoms with Crippen molar-refractivity contribution in [2.24, 2.45) is 0 Å². The normalized spacial score (nSPS) is 18.0. The van der Waals surface area contributed by atoms with Crippen molar-refractivity contribution in [1.29, 1.82) is 0 Å². The fraction of sp³-hybridized carbons (Fsp3) is 0.667. The Morgan fingerprint density at radius 1 is 1.50 bits per heavy atom. The fourth-order valence-corrected chi connectivity index (χ4v) is 3.81. The molecule has 0 fully saturated rings. The zero-order valence-corrected chi connectivity index (χ0v) is 8.07. The van der Waals surface area contributed by atoms with Crippen LogP contribution < -0.4 is 0 Å². The van der Waals surface area contributed by atoms with Crippen LogP contribution in [0.15, 0.2) is 0 Å². The molecule has 1 aromatic heterocycles. The Morgan fingerprint density at radius 3 is 3.50 bits per heavy atom. The Labute approximate surface area is 70.4 Å². The van der Waals surface area contributed by atoms with Gasteiger partial charge in [0.15, 0.2) is 0 Å². The minimum absolute atomic E-state index is 0.368. The molecule has 0 N–H and O–H groups in total. The number of nitrogens with zero attached hydrogens (tertiary/aromatic N) is 2. The third-order valence-electron chi connectivity index (χ3n) is 1.57. The van der Waals surface area contributed by atoms with E-state index < -0.39 is 0 Å². The quantitative estimate of drug-likeness (QED) is 0.601. The molecule has 0 atom stereocenters. The van der Waals surface area contributed by atoms with Gasteiger partial charge in [0.2, 0.25) is 0 Å². The van der Waals surface area contributed by atoms with Crippen molar-refractivity contribution >= 4 is 26.5 Å². The Balaban J connectivity index is 2.28. The summed E-state index contributed by atoms with van der Waals surface area (Å²) < 4.78 is 5.61. The Hall–Kier alpha value is 0.209. The minimum atomic E-state index is 0.368. The van der Waals surface area contributed by atoms with E-state index in [1.54, 1.807) is 0 Å². The summed E-state index contributed by atoms with van der Waals surface area (Å²) in [6.45, 7) is 0. The van der Waals surface area contributed by atoms with Crippen LogP contribution in [0.5, 0.6) is 0 Å². The van der Waals surface area contributed by atoms with Crippen molar-refractivity contribution in [3.8, 4) is 0 Å². The molecule has 2 rings (SSSR count). The van der Waals surface area contributed by atoms with Gasteiger partial charge in [0.25, 0.3) is 0 Å². The van der Waals surface area contributed by atoms with Gasteiger partial charge < -0.3 is 0 Å². The van der Waals surface area contributed by atoms with Crippen LogP contribution in [0, 0.1) is 0 Å². The van der Waals surface area contributed by atoms with Crippen molar-refractivity contribution in [2.45, 2.75) is 18.6 Å². The van der Waals surface area contributed by atoms with E-state index in [2.05, 4.69) is 9.19 Å². The Morgan fingerprint density at radius 2 is 2.50 bits per heavy atom. The zero-order valence-electron chi connectivity index (χ0n) is 5.54. The number of thioether (sulfide) groups is 1. The second kappa shape index (κ2) is 3.07. The molecule has 2 nitrogen and oxygen atoms in total. The van der Waals surface area contributed by atoms with Gasteiger partial charge in [-0.1, -0.05) is 0 Å². The van der Waals surface area contributed by atoms with E-state index in [0.29, 0.717) is 14.7 Å². The SMILES string of the molecule is C1CSCc2[se]nnc2C1. The van der Waals surface area contributed by atoms with Crippen LogP contribution in [0.25, 0.3) is 0 Å². The number of rotatable bonds is 0. The van der Waals surface area contributed by atoms with Gasteiger partial charge in [-0.2, -0.15) is 0 Å². The van der Waals surface area contributed by atoms with Gasteiger partial charge in [-0.3, -0.25) is 0 Å². The molecule has 0 saturated carbocycles. The summed E-state index contributed by atoms with van der Waals surface area (Å²) in [6.07, 6.45) is 2.46. The van der Waals surface area contributed by atoms with E-state index in [1.165, 1.54) is 34.5 Å². The van der Waals surface area contributed by atoms with E-state index >= 15 is 0 Å². The molecule has 4 heteroatoms. The molecule has 1 aliphatic rings. The second-order valence-corrected chi connectivity index (χ2v) is 5.16. The monoisotopic (exact) mass is 220 g/mol. The molecule has 54 valence electrons. The summed E-state index contributed by atoms with van der Waals surface area (Å²) in [6, 6.07) is 0. The molecule has 0 bridgehead atoms. The Kier molecular flexibility index (Phi) is 2.12. The molecule has 2 heterocycles. The molecular weight excluding hydrogens is 211 g/mol. The number of fused-ring (bicyclic) bond motifs is 1. The van der Waals surface area contributed by atoms with Crippen LogP contribution >= 0.6 is 11.8 Å². The van der Waals surface area contributed by atoms with Crippen molar-refractivity contribution in [3.05, 3.63) is 10.1 Å². The summed E-state index contributed by atoms with van der Waals surface area (Å²) >= 11 is 2.40. The Bertz CT molecular complexity index is 203. The third kappa shape index (κ3) is 1.29. The van der Waals surface area contributed by atoms with E-state index in [-0.39, 0.29) is 0 Å². The van der Waals surface area contributed by atoms with E-state index in [4.69, 9.17) is 0 Å². The van der Waals surface area contributed by atoms with Crippen LogP contribution in [-0.2, 0) is 12.2 Å². The maximum atomic E-state index is 4.14. The first-order valence-electron chi connectivity index (χ1n) is 3.34. The molecule has 0 amide bonds. The van der Waals surface area contributed by atoms with Gasteiger partial charge in [-0.05, 0) is 0 Å². The predicted octanol–water partition coefficient (Wildman–Crippen LogP) is 0.713. The average Bonchev–Trinajstić information content (AvgIpc) is 2.28. The zero-order chi connectivity index (χ0) is 6.81. The second-order valence-electron chi connectivity index (χ2n) is 2.30. The summed E-state index contributed by atoms with van der Waals surface area (Å²) in [5, 5.41) is 4.14. The maximum absolute atomic E-state index is 4.14. The molecule has 0 unspecified atom stereocenters. The summed E-state index contributed by atoms with van der Waals surface area (Å²) in [7, 11) is 0. The molecule has 0 aliphatic carbocycles. The predicted molar refractivity (Wildman–Crippen MR) is 43.5 cm³/mol. The first kappa shape index (κ1) is 6.89. The van der Waals surface area contributed by atoms with Gasteiger partial charge in [0.1, 0.15) is 0 Å². The van der Waals surface area contributed by atoms with Crippen LogP contribution in [-0.4, -0.2) is 29.7 Å². The summed E-state index contributed by atoms with van der Waals surface area (Å²) in [5.74, 6) is 2.50. The van der Waals surface area contributed by atoms with E-state index in [1.807, 2.05) is 11.8 Å². The van der Waals surface area contributed by atoms with Crippen molar-refractivity contribution in [1.82, 2.24) is 9.19 Å².